The molecule has 0 amide bonds. The zero-order valence-corrected chi connectivity index (χ0v) is 6.34. The minimum atomic E-state index is 0. The van der Waals surface area contributed by atoms with Gasteiger partial charge in [-0.25, -0.2) is 0 Å². The SMILES string of the molecule is Cl.[B]CCCCCC. The second kappa shape index (κ2) is 10.4. The lowest BCUT2D eigenvalue weighted by atomic mass is 9.99. The van der Waals surface area contributed by atoms with Gasteiger partial charge in [-0.2, -0.15) is 0 Å². The maximum atomic E-state index is 5.27. The molecule has 0 fully saturated rings. The molecule has 0 bridgehead atoms. The first-order valence-corrected chi connectivity index (χ1v) is 3.12. The van der Waals surface area contributed by atoms with Crippen LogP contribution >= 0.6 is 12.4 Å². The van der Waals surface area contributed by atoms with Gasteiger partial charge in [-0.15, -0.1) is 12.4 Å². The predicted molar refractivity (Wildman–Crippen MR) is 42.0 cm³/mol. The maximum Gasteiger partial charge on any atom is 0.0653 e. The molecule has 0 heterocycles. The summed E-state index contributed by atoms with van der Waals surface area (Å²) in [4.78, 5) is 0. The molecule has 0 unspecified atom stereocenters. The Morgan fingerprint density at radius 3 is 2.12 bits per heavy atom. The first-order valence-electron chi connectivity index (χ1n) is 3.12. The van der Waals surface area contributed by atoms with Crippen LogP contribution in [0.15, 0.2) is 0 Å². The lowest BCUT2D eigenvalue weighted by Gasteiger charge is -1.90. The fourth-order valence-corrected chi connectivity index (χ4v) is 0.571. The molecule has 0 spiro atoms. The van der Waals surface area contributed by atoms with Gasteiger partial charge >= 0.3 is 0 Å². The van der Waals surface area contributed by atoms with Crippen LogP contribution in [0.25, 0.3) is 0 Å². The van der Waals surface area contributed by atoms with Gasteiger partial charge in [-0.3, -0.25) is 0 Å². The van der Waals surface area contributed by atoms with Gasteiger partial charge < -0.3 is 0 Å². The van der Waals surface area contributed by atoms with E-state index in [9.17, 15) is 0 Å². The van der Waals surface area contributed by atoms with Crippen LogP contribution in [0, 0.1) is 0 Å². The van der Waals surface area contributed by atoms with Crippen molar-refractivity contribution in [3.05, 3.63) is 0 Å². The van der Waals surface area contributed by atoms with Crippen LogP contribution in [-0.2, 0) is 0 Å². The van der Waals surface area contributed by atoms with E-state index in [1.54, 1.807) is 0 Å². The van der Waals surface area contributed by atoms with E-state index in [1.807, 2.05) is 0 Å². The van der Waals surface area contributed by atoms with E-state index in [0.29, 0.717) is 0 Å². The summed E-state index contributed by atoms with van der Waals surface area (Å²) in [6.45, 7) is 2.20. The normalized spacial score (nSPS) is 8.12. The summed E-state index contributed by atoms with van der Waals surface area (Å²) >= 11 is 0. The molecule has 0 aromatic carbocycles. The van der Waals surface area contributed by atoms with Gasteiger partial charge in [0.2, 0.25) is 0 Å². The van der Waals surface area contributed by atoms with Gasteiger partial charge in [0.15, 0.2) is 0 Å². The average molecular weight is 132 g/mol. The van der Waals surface area contributed by atoms with Crippen molar-refractivity contribution in [1.82, 2.24) is 0 Å². The molecule has 0 saturated carbocycles. The molecule has 0 N–H and O–H groups in total. The third kappa shape index (κ3) is 9.61. The molecular formula is C6H14BCl. The van der Waals surface area contributed by atoms with Crippen LogP contribution in [-0.4, -0.2) is 7.85 Å². The molecule has 0 aliphatic heterocycles. The van der Waals surface area contributed by atoms with Gasteiger partial charge in [0.25, 0.3) is 0 Å². The third-order valence-corrected chi connectivity index (χ3v) is 1.06. The molecule has 0 nitrogen and oxygen atoms in total. The summed E-state index contributed by atoms with van der Waals surface area (Å²) in [6.07, 6.45) is 6.03. The molecule has 0 aromatic heterocycles. The highest BCUT2D eigenvalue weighted by Gasteiger charge is 1.80. The monoisotopic (exact) mass is 132 g/mol. The minimum absolute atomic E-state index is 0. The molecular weight excluding hydrogens is 118 g/mol. The van der Waals surface area contributed by atoms with Crippen molar-refractivity contribution in [2.24, 2.45) is 0 Å². The highest BCUT2D eigenvalue weighted by Crippen LogP contribution is 1.99. The predicted octanol–water partition coefficient (Wildman–Crippen LogP) is 2.58. The van der Waals surface area contributed by atoms with Crippen LogP contribution in [0.1, 0.15) is 32.6 Å². The summed E-state index contributed by atoms with van der Waals surface area (Å²) in [5.74, 6) is 0. The fraction of sp³-hybridized carbons (Fsp3) is 1.00. The van der Waals surface area contributed by atoms with Crippen molar-refractivity contribution in [1.29, 1.82) is 0 Å². The summed E-state index contributed by atoms with van der Waals surface area (Å²) < 4.78 is 0. The lowest BCUT2D eigenvalue weighted by Crippen LogP contribution is -1.72. The van der Waals surface area contributed by atoms with Gasteiger partial charge in [0.1, 0.15) is 0 Å². The zero-order chi connectivity index (χ0) is 5.54. The number of rotatable bonds is 4. The molecule has 0 atom stereocenters. The van der Waals surface area contributed by atoms with E-state index >= 15 is 0 Å². The quantitative estimate of drug-likeness (QED) is 0.407. The molecule has 2 radical (unpaired) electrons. The highest BCUT2D eigenvalue weighted by atomic mass is 35.5. The van der Waals surface area contributed by atoms with Crippen LogP contribution in [0.2, 0.25) is 6.32 Å². The number of unbranched alkanes of at least 4 members (excludes halogenated alkanes) is 3. The van der Waals surface area contributed by atoms with E-state index < -0.39 is 0 Å². The van der Waals surface area contributed by atoms with E-state index in [0.717, 1.165) is 6.32 Å². The average Bonchev–Trinajstić information content (AvgIpc) is 1.69. The Morgan fingerprint density at radius 2 is 1.75 bits per heavy atom. The Labute approximate surface area is 59.9 Å². The van der Waals surface area contributed by atoms with E-state index in [1.165, 1.54) is 25.7 Å². The van der Waals surface area contributed by atoms with Crippen molar-refractivity contribution in [3.8, 4) is 0 Å². The summed E-state index contributed by atoms with van der Waals surface area (Å²) in [5, 5.41) is 0. The smallest absolute Gasteiger partial charge is 0.0653 e. The molecule has 2 heteroatoms. The van der Waals surface area contributed by atoms with Gasteiger partial charge in [-0.05, 0) is 0 Å². The second-order valence-corrected chi connectivity index (χ2v) is 1.85. The Morgan fingerprint density at radius 1 is 1.12 bits per heavy atom. The number of hydrogen-bond donors (Lipinski definition) is 0. The summed E-state index contributed by atoms with van der Waals surface area (Å²) in [6, 6.07) is 0. The third-order valence-electron chi connectivity index (χ3n) is 1.06. The molecule has 48 valence electrons. The first-order chi connectivity index (χ1) is 3.41. The van der Waals surface area contributed by atoms with Crippen molar-refractivity contribution in [2.75, 3.05) is 0 Å². The topological polar surface area (TPSA) is 0 Å². The second-order valence-electron chi connectivity index (χ2n) is 1.85. The van der Waals surface area contributed by atoms with Crippen molar-refractivity contribution >= 4 is 20.3 Å². The zero-order valence-electron chi connectivity index (χ0n) is 5.52. The van der Waals surface area contributed by atoms with E-state index in [-0.39, 0.29) is 12.4 Å². The largest absolute Gasteiger partial charge is 0.147 e. The Balaban J connectivity index is 0. The molecule has 0 aromatic rings. The van der Waals surface area contributed by atoms with Gasteiger partial charge in [0, 0.05) is 0 Å². The van der Waals surface area contributed by atoms with Gasteiger partial charge in [-0.1, -0.05) is 38.9 Å². The van der Waals surface area contributed by atoms with Gasteiger partial charge in [0.05, 0.1) is 7.85 Å². The Kier molecular flexibility index (Phi) is 14.5. The molecule has 0 aliphatic rings. The van der Waals surface area contributed by atoms with E-state index in [4.69, 9.17) is 7.85 Å². The summed E-state index contributed by atoms with van der Waals surface area (Å²) in [7, 11) is 5.27. The maximum absolute atomic E-state index is 5.27. The van der Waals surface area contributed by atoms with Crippen LogP contribution in [0.5, 0.6) is 0 Å². The molecule has 8 heavy (non-hydrogen) atoms. The molecule has 0 rings (SSSR count). The van der Waals surface area contributed by atoms with E-state index in [2.05, 4.69) is 6.92 Å². The van der Waals surface area contributed by atoms with Crippen LogP contribution in [0.4, 0.5) is 0 Å². The van der Waals surface area contributed by atoms with Crippen molar-refractivity contribution in [2.45, 2.75) is 38.9 Å². The minimum Gasteiger partial charge on any atom is -0.147 e. The lowest BCUT2D eigenvalue weighted by molar-refractivity contribution is 0.701. The fourth-order valence-electron chi connectivity index (χ4n) is 0.571. The van der Waals surface area contributed by atoms with Crippen molar-refractivity contribution in [3.63, 3.8) is 0 Å². The molecule has 0 aliphatic carbocycles. The van der Waals surface area contributed by atoms with Crippen LogP contribution in [0.3, 0.4) is 0 Å². The summed E-state index contributed by atoms with van der Waals surface area (Å²) in [5.41, 5.74) is 0. The highest BCUT2D eigenvalue weighted by molar-refractivity contribution is 6.08. The Hall–Kier alpha value is 0.355. The first kappa shape index (κ1) is 11.2. The number of halogens is 1. The Bertz CT molecular complexity index is 27.7. The molecule has 0 saturated heterocycles. The number of hydrogen-bond acceptors (Lipinski definition) is 0. The standard InChI is InChI=1S/C6H13B.ClH/c1-2-3-4-5-6-7;/h2-6H2,1H3;1H. The van der Waals surface area contributed by atoms with Crippen molar-refractivity contribution < 1.29 is 0 Å². The van der Waals surface area contributed by atoms with Crippen LogP contribution < -0.4 is 0 Å².